The summed E-state index contributed by atoms with van der Waals surface area (Å²) in [6.07, 6.45) is 0. The summed E-state index contributed by atoms with van der Waals surface area (Å²) in [7, 11) is 2.83. The van der Waals surface area contributed by atoms with Crippen molar-refractivity contribution in [1.29, 1.82) is 0 Å². The zero-order chi connectivity index (χ0) is 10.9. The second kappa shape index (κ2) is 3.95. The van der Waals surface area contributed by atoms with Crippen LogP contribution in [-0.2, 0) is 14.1 Å². The first-order valence-corrected chi connectivity index (χ1v) is 4.63. The van der Waals surface area contributed by atoms with Crippen molar-refractivity contribution < 1.29 is 0 Å². The molecule has 0 aromatic carbocycles. The number of nitrogens with zero attached hydrogens (tertiary/aromatic N) is 3. The van der Waals surface area contributed by atoms with Crippen molar-refractivity contribution in [2.75, 3.05) is 0 Å². The molecular formula is C6H11N5O2S. The second-order valence-electron chi connectivity index (χ2n) is 2.66. The maximum atomic E-state index is 11.4. The van der Waals surface area contributed by atoms with E-state index in [9.17, 15) is 9.59 Å². The van der Waals surface area contributed by atoms with Gasteiger partial charge >= 0.3 is 5.69 Å². The number of aryl methyl sites for hydroxylation is 1. The maximum absolute atomic E-state index is 11.4. The predicted molar refractivity (Wildman–Crippen MR) is 52.7 cm³/mol. The molecule has 1 heterocycles. The van der Waals surface area contributed by atoms with E-state index in [2.05, 4.69) is 5.10 Å². The first-order chi connectivity index (χ1) is 6.43. The van der Waals surface area contributed by atoms with Crippen LogP contribution in [-0.4, -0.2) is 19.8 Å². The zero-order valence-corrected chi connectivity index (χ0v) is 8.61. The summed E-state index contributed by atoms with van der Waals surface area (Å²) in [4.78, 5) is 22.7. The van der Waals surface area contributed by atoms with Gasteiger partial charge in [0.15, 0.2) is 5.03 Å². The van der Waals surface area contributed by atoms with Crippen LogP contribution >= 0.6 is 11.8 Å². The fourth-order valence-corrected chi connectivity index (χ4v) is 1.54. The van der Waals surface area contributed by atoms with Crippen molar-refractivity contribution in [2.45, 2.75) is 10.5 Å². The van der Waals surface area contributed by atoms with Gasteiger partial charge in [0.05, 0.1) is 0 Å². The number of hydrogen-bond donors (Lipinski definition) is 2. The van der Waals surface area contributed by atoms with Gasteiger partial charge < -0.3 is 11.5 Å². The summed E-state index contributed by atoms with van der Waals surface area (Å²) in [6.45, 7) is 0. The van der Waals surface area contributed by atoms with Gasteiger partial charge in [0.2, 0.25) is 0 Å². The Hall–Kier alpha value is -1.12. The molecule has 7 nitrogen and oxygen atoms in total. The van der Waals surface area contributed by atoms with Crippen LogP contribution in [0.4, 0.5) is 0 Å². The molecule has 1 rings (SSSR count). The molecule has 0 aliphatic heterocycles. The van der Waals surface area contributed by atoms with Gasteiger partial charge in [0.25, 0.3) is 5.56 Å². The number of thioether (sulfide) groups is 1. The van der Waals surface area contributed by atoms with Gasteiger partial charge in [-0.15, -0.1) is 0 Å². The van der Waals surface area contributed by atoms with Crippen LogP contribution in [0.2, 0.25) is 0 Å². The third-order valence-corrected chi connectivity index (χ3v) is 2.29. The maximum Gasteiger partial charge on any atom is 0.346 e. The van der Waals surface area contributed by atoms with Crippen LogP contribution < -0.4 is 22.7 Å². The first-order valence-electron chi connectivity index (χ1n) is 3.75. The van der Waals surface area contributed by atoms with Crippen molar-refractivity contribution in [1.82, 2.24) is 14.3 Å². The average Bonchev–Trinajstić information content (AvgIpc) is 2.10. The predicted octanol–water partition coefficient (Wildman–Crippen LogP) is -2.23. The molecule has 4 N–H and O–H groups in total. The lowest BCUT2D eigenvalue weighted by molar-refractivity contribution is 0.561. The highest BCUT2D eigenvalue weighted by Crippen LogP contribution is 2.08. The molecule has 0 fully saturated rings. The first kappa shape index (κ1) is 11.0. The van der Waals surface area contributed by atoms with Crippen LogP contribution in [0.25, 0.3) is 0 Å². The molecule has 0 bridgehead atoms. The second-order valence-corrected chi connectivity index (χ2v) is 3.82. The molecule has 0 saturated carbocycles. The molecule has 0 atom stereocenters. The summed E-state index contributed by atoms with van der Waals surface area (Å²) in [6, 6.07) is 0. The molecule has 0 saturated heterocycles. The van der Waals surface area contributed by atoms with Crippen molar-refractivity contribution in [2.24, 2.45) is 25.6 Å². The molecule has 1 aromatic heterocycles. The highest BCUT2D eigenvalue weighted by Gasteiger charge is 2.10. The smallest absolute Gasteiger partial charge is 0.307 e. The van der Waals surface area contributed by atoms with Crippen molar-refractivity contribution >= 4 is 11.8 Å². The lowest BCUT2D eigenvalue weighted by Crippen LogP contribution is -2.40. The van der Waals surface area contributed by atoms with E-state index in [-0.39, 0.29) is 5.03 Å². The SMILES string of the molecule is Cn1nc(SC(N)N)c(=O)n(C)c1=O. The molecule has 0 amide bonds. The van der Waals surface area contributed by atoms with Crippen LogP contribution in [0, 0.1) is 0 Å². The van der Waals surface area contributed by atoms with Crippen LogP contribution in [0.5, 0.6) is 0 Å². The van der Waals surface area contributed by atoms with Gasteiger partial charge in [-0.25, -0.2) is 9.48 Å². The van der Waals surface area contributed by atoms with Gasteiger partial charge in [0.1, 0.15) is 5.50 Å². The van der Waals surface area contributed by atoms with Gasteiger partial charge in [-0.2, -0.15) is 5.10 Å². The van der Waals surface area contributed by atoms with Gasteiger partial charge in [-0.3, -0.25) is 9.36 Å². The van der Waals surface area contributed by atoms with Crippen LogP contribution in [0.3, 0.4) is 0 Å². The minimum atomic E-state index is -0.729. The molecule has 0 aliphatic rings. The molecule has 0 aliphatic carbocycles. The van der Waals surface area contributed by atoms with E-state index >= 15 is 0 Å². The molecule has 1 aromatic rings. The third kappa shape index (κ3) is 2.03. The van der Waals surface area contributed by atoms with Gasteiger partial charge in [0, 0.05) is 14.1 Å². The Kier molecular flexibility index (Phi) is 3.09. The summed E-state index contributed by atoms with van der Waals surface area (Å²) < 4.78 is 2.02. The summed E-state index contributed by atoms with van der Waals surface area (Å²) >= 11 is 0.913. The standard InChI is InChI=1S/C6H11N5O2S/c1-10-4(12)3(14-5(7)8)9-11(2)6(10)13/h5H,7-8H2,1-2H3. The summed E-state index contributed by atoms with van der Waals surface area (Å²) in [5.41, 5.74) is 8.90. The molecule has 14 heavy (non-hydrogen) atoms. The molecule has 78 valence electrons. The minimum Gasteiger partial charge on any atom is -0.307 e. The Bertz CT molecular complexity index is 449. The number of nitrogens with two attached hydrogens (primary N) is 2. The Morgan fingerprint density at radius 3 is 2.43 bits per heavy atom. The average molecular weight is 217 g/mol. The largest absolute Gasteiger partial charge is 0.346 e. The van der Waals surface area contributed by atoms with E-state index in [1.807, 2.05) is 0 Å². The number of rotatable bonds is 2. The Labute approximate surface area is 83.7 Å². The fraction of sp³-hybridized carbons (Fsp3) is 0.500. The van der Waals surface area contributed by atoms with Crippen molar-refractivity contribution in [3.8, 4) is 0 Å². The number of aromatic nitrogens is 3. The van der Waals surface area contributed by atoms with E-state index in [4.69, 9.17) is 11.5 Å². The van der Waals surface area contributed by atoms with Crippen molar-refractivity contribution in [3.05, 3.63) is 20.8 Å². The van der Waals surface area contributed by atoms with E-state index in [0.29, 0.717) is 0 Å². The lowest BCUT2D eigenvalue weighted by atomic mass is 10.8. The van der Waals surface area contributed by atoms with Crippen LogP contribution in [0.1, 0.15) is 0 Å². The Morgan fingerprint density at radius 2 is 1.93 bits per heavy atom. The molecule has 0 radical (unpaired) electrons. The molecule has 8 heteroatoms. The highest BCUT2D eigenvalue weighted by atomic mass is 32.2. The molecule has 0 spiro atoms. The summed E-state index contributed by atoms with van der Waals surface area (Å²) in [5.74, 6) is 0. The Balaban J connectivity index is 3.34. The lowest BCUT2D eigenvalue weighted by Gasteiger charge is -2.06. The Morgan fingerprint density at radius 1 is 1.36 bits per heavy atom. The monoisotopic (exact) mass is 217 g/mol. The summed E-state index contributed by atoms with van der Waals surface area (Å²) in [5, 5.41) is 3.86. The van der Waals surface area contributed by atoms with Gasteiger partial charge in [-0.1, -0.05) is 11.8 Å². The van der Waals surface area contributed by atoms with Gasteiger partial charge in [-0.05, 0) is 0 Å². The van der Waals surface area contributed by atoms with Crippen LogP contribution in [0.15, 0.2) is 14.6 Å². The van der Waals surface area contributed by atoms with E-state index in [1.54, 1.807) is 0 Å². The van der Waals surface area contributed by atoms with E-state index in [0.717, 1.165) is 21.0 Å². The normalized spacial score (nSPS) is 10.9. The van der Waals surface area contributed by atoms with Crippen molar-refractivity contribution in [3.63, 3.8) is 0 Å². The minimum absolute atomic E-state index is 0.115. The topological polar surface area (TPSA) is 109 Å². The molecular weight excluding hydrogens is 206 g/mol. The quantitative estimate of drug-likeness (QED) is 0.429. The van der Waals surface area contributed by atoms with E-state index < -0.39 is 16.7 Å². The third-order valence-electron chi connectivity index (χ3n) is 1.54. The zero-order valence-electron chi connectivity index (χ0n) is 7.80. The number of hydrogen-bond acceptors (Lipinski definition) is 6. The fourth-order valence-electron chi connectivity index (χ4n) is 0.872. The van der Waals surface area contributed by atoms with E-state index in [1.165, 1.54) is 14.1 Å². The highest BCUT2D eigenvalue weighted by molar-refractivity contribution is 7.99. The molecule has 0 unspecified atom stereocenters.